The van der Waals surface area contributed by atoms with E-state index in [0.717, 1.165) is 96.3 Å². The van der Waals surface area contributed by atoms with Crippen molar-refractivity contribution in [3.05, 3.63) is 85.1 Å². The number of rotatable bonds is 62. The molecule has 1 atom stereocenters. The molecule has 0 aromatic rings. The molecule has 0 aromatic heterocycles. The van der Waals surface area contributed by atoms with Crippen molar-refractivity contribution >= 4 is 17.9 Å². The van der Waals surface area contributed by atoms with Crippen molar-refractivity contribution in [1.29, 1.82) is 0 Å². The standard InChI is InChI=1S/C73H128O6/c1-4-7-10-13-16-19-22-25-28-31-34-36-39-42-45-48-51-54-57-60-63-66-72(75)78-69-70(68-77-71(74)65-62-59-56-53-50-47-44-41-38-33-30-27-24-21-18-15-12-9-6-3)79-73(76)67-64-61-58-55-52-49-46-43-40-37-35-32-29-26-23-20-17-14-11-8-5-2/h9,12,18,21,27,30-32,34-35,38,41,47,50,70H,4-8,10-11,13-17,19-20,22-26,28-29,33,36-37,39-40,42-46,48-49,51-69H2,1-3H3/b12-9-,21-18-,30-27-,34-31-,35-32-,41-38-,50-47-. The van der Waals surface area contributed by atoms with Crippen molar-refractivity contribution in [3.63, 3.8) is 0 Å². The fraction of sp³-hybridized carbons (Fsp3) is 0.767. The van der Waals surface area contributed by atoms with Gasteiger partial charge in [0.05, 0.1) is 0 Å². The molecule has 79 heavy (non-hydrogen) atoms. The number of carbonyl (C=O) groups is 3. The lowest BCUT2D eigenvalue weighted by molar-refractivity contribution is -0.167. The molecule has 0 fully saturated rings. The van der Waals surface area contributed by atoms with Gasteiger partial charge in [-0.3, -0.25) is 14.4 Å². The summed E-state index contributed by atoms with van der Waals surface area (Å²) in [6.45, 7) is 6.54. The minimum Gasteiger partial charge on any atom is -0.462 e. The van der Waals surface area contributed by atoms with Crippen LogP contribution in [0.25, 0.3) is 0 Å². The first kappa shape index (κ1) is 75.6. The molecular weight excluding hydrogens is 973 g/mol. The number of hydrogen-bond acceptors (Lipinski definition) is 6. The maximum atomic E-state index is 13.0. The smallest absolute Gasteiger partial charge is 0.306 e. The molecule has 0 saturated carbocycles. The van der Waals surface area contributed by atoms with Gasteiger partial charge in [0.1, 0.15) is 13.2 Å². The van der Waals surface area contributed by atoms with Crippen molar-refractivity contribution in [2.75, 3.05) is 13.2 Å². The molecule has 0 aliphatic heterocycles. The minimum atomic E-state index is -0.795. The van der Waals surface area contributed by atoms with Gasteiger partial charge in [-0.25, -0.2) is 0 Å². The van der Waals surface area contributed by atoms with Crippen LogP contribution in [0.3, 0.4) is 0 Å². The van der Waals surface area contributed by atoms with E-state index in [-0.39, 0.29) is 31.1 Å². The Bertz CT molecular complexity index is 1500. The second-order valence-corrected chi connectivity index (χ2v) is 22.7. The number of allylic oxidation sites excluding steroid dienone is 14. The first-order chi connectivity index (χ1) is 39.0. The highest BCUT2D eigenvalue weighted by Gasteiger charge is 2.19. The van der Waals surface area contributed by atoms with E-state index in [0.29, 0.717) is 19.3 Å². The van der Waals surface area contributed by atoms with E-state index in [1.165, 1.54) is 205 Å². The lowest BCUT2D eigenvalue weighted by atomic mass is 10.1. The van der Waals surface area contributed by atoms with Gasteiger partial charge < -0.3 is 14.2 Å². The van der Waals surface area contributed by atoms with Gasteiger partial charge in [-0.15, -0.1) is 0 Å². The third kappa shape index (κ3) is 65.3. The van der Waals surface area contributed by atoms with Crippen molar-refractivity contribution < 1.29 is 28.6 Å². The summed E-state index contributed by atoms with van der Waals surface area (Å²) in [6, 6.07) is 0. The van der Waals surface area contributed by atoms with Gasteiger partial charge in [0.15, 0.2) is 6.10 Å². The van der Waals surface area contributed by atoms with Crippen LogP contribution in [0, 0.1) is 0 Å². The SMILES string of the molecule is CC/C=C\C/C=C\C/C=C\C/C=C\C/C=C\CCCCCC(=O)OCC(COC(=O)CCCCCCCCCCC/C=C\CCCCCCCCCC)OC(=O)CCCCCCCCCCC/C=C\CCCCCCCCCC. The molecule has 0 aromatic carbocycles. The zero-order valence-corrected chi connectivity index (χ0v) is 52.4. The van der Waals surface area contributed by atoms with Crippen LogP contribution in [0.1, 0.15) is 342 Å². The van der Waals surface area contributed by atoms with Crippen molar-refractivity contribution in [2.45, 2.75) is 348 Å². The third-order valence-corrected chi connectivity index (χ3v) is 14.9. The highest BCUT2D eigenvalue weighted by molar-refractivity contribution is 5.71. The van der Waals surface area contributed by atoms with E-state index in [2.05, 4.69) is 106 Å². The molecule has 0 N–H and O–H groups in total. The molecule has 0 heterocycles. The van der Waals surface area contributed by atoms with Crippen molar-refractivity contribution in [1.82, 2.24) is 0 Å². The van der Waals surface area contributed by atoms with E-state index in [4.69, 9.17) is 14.2 Å². The Balaban J connectivity index is 4.42. The van der Waals surface area contributed by atoms with Crippen LogP contribution in [-0.4, -0.2) is 37.2 Å². The lowest BCUT2D eigenvalue weighted by Crippen LogP contribution is -2.30. The van der Waals surface area contributed by atoms with E-state index in [9.17, 15) is 14.4 Å². The van der Waals surface area contributed by atoms with E-state index >= 15 is 0 Å². The van der Waals surface area contributed by atoms with Crippen LogP contribution in [0.4, 0.5) is 0 Å². The van der Waals surface area contributed by atoms with Gasteiger partial charge in [0.25, 0.3) is 0 Å². The molecule has 6 nitrogen and oxygen atoms in total. The summed E-state index contributed by atoms with van der Waals surface area (Å²) in [5, 5.41) is 0. The Morgan fingerprint density at radius 2 is 0.494 bits per heavy atom. The molecule has 0 radical (unpaired) electrons. The number of ether oxygens (including phenoxy) is 3. The van der Waals surface area contributed by atoms with Gasteiger partial charge in [0.2, 0.25) is 0 Å². The van der Waals surface area contributed by atoms with Crippen molar-refractivity contribution in [2.24, 2.45) is 0 Å². The zero-order valence-electron chi connectivity index (χ0n) is 52.4. The molecule has 0 amide bonds. The Labute approximate surface area is 490 Å². The average molecular weight is 1100 g/mol. The molecule has 1 unspecified atom stereocenters. The first-order valence-electron chi connectivity index (χ1n) is 34.1. The number of esters is 3. The minimum absolute atomic E-state index is 0.0876. The number of hydrogen-bond donors (Lipinski definition) is 0. The first-order valence-corrected chi connectivity index (χ1v) is 34.1. The normalized spacial score (nSPS) is 12.6. The van der Waals surface area contributed by atoms with Gasteiger partial charge in [-0.1, -0.05) is 292 Å². The Hall–Kier alpha value is -3.41. The Morgan fingerprint density at radius 1 is 0.266 bits per heavy atom. The maximum Gasteiger partial charge on any atom is 0.306 e. The summed E-state index contributed by atoms with van der Waals surface area (Å²) < 4.78 is 17.0. The van der Waals surface area contributed by atoms with Crippen molar-refractivity contribution in [3.8, 4) is 0 Å². The van der Waals surface area contributed by atoms with E-state index in [1.54, 1.807) is 0 Å². The fourth-order valence-electron chi connectivity index (χ4n) is 9.76. The topological polar surface area (TPSA) is 78.9 Å². The van der Waals surface area contributed by atoms with Gasteiger partial charge in [0, 0.05) is 19.3 Å². The predicted molar refractivity (Wildman–Crippen MR) is 344 cm³/mol. The van der Waals surface area contributed by atoms with Gasteiger partial charge in [-0.2, -0.15) is 0 Å². The second-order valence-electron chi connectivity index (χ2n) is 22.7. The third-order valence-electron chi connectivity index (χ3n) is 14.9. The summed E-state index contributed by atoms with van der Waals surface area (Å²) in [5.74, 6) is -0.909. The zero-order chi connectivity index (χ0) is 57.1. The number of carbonyl (C=O) groups excluding carboxylic acids is 3. The molecule has 6 heteroatoms. The van der Waals surface area contributed by atoms with E-state index < -0.39 is 6.10 Å². The maximum absolute atomic E-state index is 13.0. The largest absolute Gasteiger partial charge is 0.462 e. The average Bonchev–Trinajstić information content (AvgIpc) is 3.45. The summed E-state index contributed by atoms with van der Waals surface area (Å²) in [7, 11) is 0. The summed E-state index contributed by atoms with van der Waals surface area (Å²) in [6.07, 6.45) is 88.8. The molecule has 0 rings (SSSR count). The highest BCUT2D eigenvalue weighted by atomic mass is 16.6. The molecule has 0 bridgehead atoms. The van der Waals surface area contributed by atoms with Gasteiger partial charge >= 0.3 is 17.9 Å². The molecule has 0 spiro atoms. The summed E-state index contributed by atoms with van der Waals surface area (Å²) >= 11 is 0. The molecule has 0 aliphatic rings. The monoisotopic (exact) mass is 1100 g/mol. The van der Waals surface area contributed by atoms with Crippen LogP contribution < -0.4 is 0 Å². The van der Waals surface area contributed by atoms with Crippen LogP contribution >= 0.6 is 0 Å². The number of unbranched alkanes of at least 4 members (excludes halogenated alkanes) is 37. The van der Waals surface area contributed by atoms with Crippen LogP contribution in [0.2, 0.25) is 0 Å². The second kappa shape index (κ2) is 67.1. The Morgan fingerprint density at radius 3 is 0.797 bits per heavy atom. The predicted octanol–water partition coefficient (Wildman–Crippen LogP) is 23.4. The summed E-state index contributed by atoms with van der Waals surface area (Å²) in [4.78, 5) is 38.4. The van der Waals surface area contributed by atoms with Crippen LogP contribution in [0.5, 0.6) is 0 Å². The molecule has 0 saturated heterocycles. The van der Waals surface area contributed by atoms with Crippen LogP contribution in [0.15, 0.2) is 85.1 Å². The van der Waals surface area contributed by atoms with Crippen LogP contribution in [-0.2, 0) is 28.6 Å². The lowest BCUT2D eigenvalue weighted by Gasteiger charge is -2.18. The summed E-state index contributed by atoms with van der Waals surface area (Å²) in [5.41, 5.74) is 0. The fourth-order valence-corrected chi connectivity index (χ4v) is 9.76. The highest BCUT2D eigenvalue weighted by Crippen LogP contribution is 2.17. The van der Waals surface area contributed by atoms with Gasteiger partial charge in [-0.05, 0) is 116 Å². The molecule has 0 aliphatic carbocycles. The van der Waals surface area contributed by atoms with E-state index in [1.807, 2.05) is 0 Å². The molecular formula is C73H128O6. The quantitative estimate of drug-likeness (QED) is 0.0261. The Kier molecular flexibility index (Phi) is 64.2. The molecule has 456 valence electrons.